The Balaban J connectivity index is 2.13. The highest BCUT2D eigenvalue weighted by atomic mass is 15.3. The van der Waals surface area contributed by atoms with Crippen LogP contribution < -0.4 is 0 Å². The van der Waals surface area contributed by atoms with Gasteiger partial charge < -0.3 is 0 Å². The predicted molar refractivity (Wildman–Crippen MR) is 59.3 cm³/mol. The molecule has 2 rings (SSSR count). The summed E-state index contributed by atoms with van der Waals surface area (Å²) in [6.07, 6.45) is 0. The van der Waals surface area contributed by atoms with Crippen molar-refractivity contribution in [1.29, 1.82) is 0 Å². The van der Waals surface area contributed by atoms with E-state index in [4.69, 9.17) is 1.37 Å². The molecule has 0 atom stereocenters. The molecule has 1 heterocycles. The van der Waals surface area contributed by atoms with Crippen LogP contribution in [0.2, 0.25) is 0 Å². The molecule has 0 saturated carbocycles. The standard InChI is InChI=1S/C12H18N2/c1-13-8-12(9-14(2)10-13)11-6-4-3-5-7-11/h3-7,12H,8-10H2,1-2H3/i10D. The summed E-state index contributed by atoms with van der Waals surface area (Å²) in [7, 11) is 4.03. The zero-order valence-corrected chi connectivity index (χ0v) is 8.85. The molecule has 0 amide bonds. The second-order valence-corrected chi connectivity index (χ2v) is 4.10. The molecule has 0 unspecified atom stereocenters. The minimum absolute atomic E-state index is 0.190. The summed E-state index contributed by atoms with van der Waals surface area (Å²) in [6, 6.07) is 10.6. The first-order valence-corrected chi connectivity index (χ1v) is 5.06. The first-order valence-electron chi connectivity index (χ1n) is 5.64. The normalized spacial score (nSPS) is 31.4. The molecule has 0 spiro atoms. The van der Waals surface area contributed by atoms with Crippen molar-refractivity contribution in [2.24, 2.45) is 0 Å². The van der Waals surface area contributed by atoms with E-state index in [1.165, 1.54) is 5.56 Å². The number of hydrogen-bond donors (Lipinski definition) is 0. The van der Waals surface area contributed by atoms with Crippen molar-refractivity contribution in [3.63, 3.8) is 0 Å². The molecule has 1 aromatic rings. The quantitative estimate of drug-likeness (QED) is 0.665. The fourth-order valence-electron chi connectivity index (χ4n) is 2.12. The molecule has 2 heteroatoms. The van der Waals surface area contributed by atoms with E-state index in [1.807, 2.05) is 20.2 Å². The Morgan fingerprint density at radius 2 is 1.71 bits per heavy atom. The van der Waals surface area contributed by atoms with E-state index in [0.29, 0.717) is 5.92 Å². The predicted octanol–water partition coefficient (Wildman–Crippen LogP) is 1.60. The van der Waals surface area contributed by atoms with Gasteiger partial charge in [-0.15, -0.1) is 0 Å². The second kappa shape index (κ2) is 4.11. The lowest BCUT2D eigenvalue weighted by molar-refractivity contribution is 0.115. The first-order chi connectivity index (χ1) is 7.18. The molecular formula is C12H18N2. The molecular weight excluding hydrogens is 172 g/mol. The molecule has 1 fully saturated rings. The van der Waals surface area contributed by atoms with Gasteiger partial charge in [0.05, 0.1) is 8.02 Å². The Morgan fingerprint density at radius 3 is 2.29 bits per heavy atom. The fraction of sp³-hybridized carbons (Fsp3) is 0.500. The lowest BCUT2D eigenvalue weighted by Crippen LogP contribution is -2.44. The van der Waals surface area contributed by atoms with Crippen molar-refractivity contribution in [3.05, 3.63) is 35.9 Å². The van der Waals surface area contributed by atoms with E-state index < -0.39 is 0 Å². The van der Waals surface area contributed by atoms with E-state index in [9.17, 15) is 0 Å². The van der Waals surface area contributed by atoms with Crippen molar-refractivity contribution in [1.82, 2.24) is 9.80 Å². The third-order valence-corrected chi connectivity index (χ3v) is 2.68. The zero-order chi connectivity index (χ0) is 10.8. The van der Waals surface area contributed by atoms with Gasteiger partial charge in [-0.1, -0.05) is 30.3 Å². The van der Waals surface area contributed by atoms with Crippen molar-refractivity contribution < 1.29 is 1.37 Å². The molecule has 0 bridgehead atoms. The van der Waals surface area contributed by atoms with Gasteiger partial charge in [0.25, 0.3) is 0 Å². The van der Waals surface area contributed by atoms with Crippen molar-refractivity contribution in [3.8, 4) is 0 Å². The number of hydrogen-bond acceptors (Lipinski definition) is 2. The van der Waals surface area contributed by atoms with Crippen molar-refractivity contribution >= 4 is 0 Å². The Hall–Kier alpha value is -0.860. The van der Waals surface area contributed by atoms with Crippen LogP contribution in [0.3, 0.4) is 0 Å². The van der Waals surface area contributed by atoms with Gasteiger partial charge in [-0.3, -0.25) is 9.80 Å². The third kappa shape index (κ3) is 2.14. The molecule has 0 N–H and O–H groups in total. The molecule has 14 heavy (non-hydrogen) atoms. The summed E-state index contributed by atoms with van der Waals surface area (Å²) in [5.74, 6) is 0.530. The number of likely N-dealkylation sites (N-methyl/N-ethyl adjacent to an activating group) is 2. The van der Waals surface area contributed by atoms with Crippen LogP contribution >= 0.6 is 0 Å². The van der Waals surface area contributed by atoms with Gasteiger partial charge in [0.1, 0.15) is 0 Å². The largest absolute Gasteiger partial charge is 0.293 e. The van der Waals surface area contributed by atoms with Crippen LogP contribution in [0.1, 0.15) is 12.9 Å². The van der Waals surface area contributed by atoms with Crippen LogP contribution in [-0.4, -0.2) is 43.6 Å². The van der Waals surface area contributed by atoms with Crippen LogP contribution in [0.15, 0.2) is 30.3 Å². The van der Waals surface area contributed by atoms with Gasteiger partial charge in [0, 0.05) is 19.0 Å². The van der Waals surface area contributed by atoms with E-state index in [0.717, 1.165) is 13.1 Å². The zero-order valence-electron chi connectivity index (χ0n) is 9.85. The van der Waals surface area contributed by atoms with E-state index >= 15 is 0 Å². The van der Waals surface area contributed by atoms with Crippen LogP contribution in [-0.2, 0) is 0 Å². The molecule has 1 aliphatic rings. The molecule has 0 aliphatic carbocycles. The summed E-state index contributed by atoms with van der Waals surface area (Å²) < 4.78 is 7.89. The maximum Gasteiger partial charge on any atom is 0.0602 e. The van der Waals surface area contributed by atoms with Gasteiger partial charge in [0.2, 0.25) is 0 Å². The topological polar surface area (TPSA) is 6.48 Å². The SMILES string of the molecule is [2H]C1N(C)CC(c2ccccc2)CN1C. The van der Waals surface area contributed by atoms with Gasteiger partial charge in [-0.05, 0) is 19.7 Å². The maximum atomic E-state index is 7.89. The summed E-state index contributed by atoms with van der Waals surface area (Å²) in [6.45, 7) is 1.76. The highest BCUT2D eigenvalue weighted by molar-refractivity contribution is 5.20. The number of nitrogens with zero attached hydrogens (tertiary/aromatic N) is 2. The highest BCUT2D eigenvalue weighted by Gasteiger charge is 2.21. The third-order valence-electron chi connectivity index (χ3n) is 2.68. The lowest BCUT2D eigenvalue weighted by atomic mass is 9.97. The van der Waals surface area contributed by atoms with Crippen LogP contribution in [0.4, 0.5) is 0 Å². The van der Waals surface area contributed by atoms with Crippen molar-refractivity contribution in [2.45, 2.75) is 5.92 Å². The number of benzene rings is 1. The Morgan fingerprint density at radius 1 is 1.14 bits per heavy atom. The summed E-state index contributed by atoms with van der Waals surface area (Å²) in [5.41, 5.74) is 1.38. The minimum Gasteiger partial charge on any atom is -0.293 e. The van der Waals surface area contributed by atoms with Crippen LogP contribution in [0.5, 0.6) is 0 Å². The minimum atomic E-state index is -0.190. The highest BCUT2D eigenvalue weighted by Crippen LogP contribution is 2.20. The number of rotatable bonds is 1. The van der Waals surface area contributed by atoms with E-state index in [2.05, 4.69) is 34.1 Å². The summed E-state index contributed by atoms with van der Waals surface area (Å²) in [5, 5.41) is 0. The van der Waals surface area contributed by atoms with E-state index in [-0.39, 0.29) is 6.64 Å². The smallest absolute Gasteiger partial charge is 0.0602 e. The van der Waals surface area contributed by atoms with Gasteiger partial charge in [-0.25, -0.2) is 0 Å². The molecule has 0 radical (unpaired) electrons. The summed E-state index contributed by atoms with van der Waals surface area (Å²) >= 11 is 0. The summed E-state index contributed by atoms with van der Waals surface area (Å²) in [4.78, 5) is 4.17. The monoisotopic (exact) mass is 191 g/mol. The lowest BCUT2D eigenvalue weighted by Gasteiger charge is -2.36. The average molecular weight is 191 g/mol. The van der Waals surface area contributed by atoms with Crippen LogP contribution in [0, 0.1) is 0 Å². The molecule has 2 nitrogen and oxygen atoms in total. The van der Waals surface area contributed by atoms with Crippen molar-refractivity contribution in [2.75, 3.05) is 33.8 Å². The van der Waals surface area contributed by atoms with E-state index in [1.54, 1.807) is 0 Å². The molecule has 1 aromatic carbocycles. The molecule has 1 saturated heterocycles. The fourth-order valence-corrected chi connectivity index (χ4v) is 2.12. The second-order valence-electron chi connectivity index (χ2n) is 4.10. The molecule has 76 valence electrons. The Kier molecular flexibility index (Phi) is 2.48. The van der Waals surface area contributed by atoms with Gasteiger partial charge in [-0.2, -0.15) is 0 Å². The Labute approximate surface area is 87.5 Å². The first kappa shape index (κ1) is 8.45. The maximum absolute atomic E-state index is 7.89. The Bertz CT molecular complexity index is 303. The molecule has 1 aliphatic heterocycles. The average Bonchev–Trinajstić information content (AvgIpc) is 2.26. The molecule has 0 aromatic heterocycles. The van der Waals surface area contributed by atoms with Crippen LogP contribution in [0.25, 0.3) is 0 Å². The van der Waals surface area contributed by atoms with Gasteiger partial charge in [0.15, 0.2) is 0 Å². The van der Waals surface area contributed by atoms with Gasteiger partial charge >= 0.3 is 0 Å².